The van der Waals surface area contributed by atoms with Gasteiger partial charge in [0, 0.05) is 22.7 Å². The molecule has 1 amide bonds. The molecule has 14 heavy (non-hydrogen) atoms. The van der Waals surface area contributed by atoms with Gasteiger partial charge in [-0.25, -0.2) is 4.98 Å². The minimum atomic E-state index is -0.617. The molecular formula is C9H9BrN2O2. The second-order valence-electron chi connectivity index (χ2n) is 3.19. The highest BCUT2D eigenvalue weighted by atomic mass is 79.9. The molecular weight excluding hydrogens is 248 g/mol. The van der Waals surface area contributed by atoms with Crippen LogP contribution in [-0.2, 0) is 4.79 Å². The van der Waals surface area contributed by atoms with Crippen molar-refractivity contribution in [2.24, 2.45) is 0 Å². The molecule has 0 saturated carbocycles. The highest BCUT2D eigenvalue weighted by Gasteiger charge is 2.21. The Hall–Kier alpha value is -0.940. The summed E-state index contributed by atoms with van der Waals surface area (Å²) in [5.41, 5.74) is 0.672. The van der Waals surface area contributed by atoms with E-state index < -0.39 is 6.10 Å². The van der Waals surface area contributed by atoms with Crippen LogP contribution in [0.25, 0.3) is 0 Å². The van der Waals surface area contributed by atoms with Crippen molar-refractivity contribution >= 4 is 27.7 Å². The average molecular weight is 257 g/mol. The monoisotopic (exact) mass is 256 g/mol. The number of halogens is 1. The molecule has 0 aliphatic carbocycles. The molecule has 4 nitrogen and oxygen atoms in total. The summed E-state index contributed by atoms with van der Waals surface area (Å²) in [4.78, 5) is 15.2. The van der Waals surface area contributed by atoms with E-state index in [9.17, 15) is 9.90 Å². The van der Waals surface area contributed by atoms with Crippen LogP contribution in [0.1, 0.15) is 24.5 Å². The number of nitrogens with one attached hydrogen (secondary N) is 1. The predicted molar refractivity (Wildman–Crippen MR) is 54.8 cm³/mol. The third-order valence-electron chi connectivity index (χ3n) is 2.15. The molecule has 5 heteroatoms. The van der Waals surface area contributed by atoms with Gasteiger partial charge in [0.05, 0.1) is 6.10 Å². The molecule has 0 fully saturated rings. The second-order valence-corrected chi connectivity index (χ2v) is 4.11. The first kappa shape index (κ1) is 9.61. The van der Waals surface area contributed by atoms with Crippen LogP contribution in [0, 0.1) is 0 Å². The lowest BCUT2D eigenvalue weighted by Gasteiger charge is -2.09. The van der Waals surface area contributed by atoms with Gasteiger partial charge >= 0.3 is 0 Å². The Morgan fingerprint density at radius 2 is 2.43 bits per heavy atom. The molecule has 2 rings (SSSR count). The number of aliphatic hydroxyl groups excluding tert-OH is 1. The molecule has 74 valence electrons. The number of hydrogen-bond donors (Lipinski definition) is 2. The van der Waals surface area contributed by atoms with Crippen LogP contribution < -0.4 is 5.32 Å². The van der Waals surface area contributed by atoms with Gasteiger partial charge in [0.15, 0.2) is 0 Å². The highest BCUT2D eigenvalue weighted by Crippen LogP contribution is 2.29. The van der Waals surface area contributed by atoms with Crippen molar-refractivity contribution in [2.45, 2.75) is 18.9 Å². The summed E-state index contributed by atoms with van der Waals surface area (Å²) in [5.74, 6) is 0.362. The molecule has 0 spiro atoms. The summed E-state index contributed by atoms with van der Waals surface area (Å²) in [6.45, 7) is 0. The smallest absolute Gasteiger partial charge is 0.225 e. The molecule has 1 aromatic rings. The van der Waals surface area contributed by atoms with E-state index >= 15 is 0 Å². The third-order valence-corrected chi connectivity index (χ3v) is 2.58. The zero-order valence-corrected chi connectivity index (χ0v) is 8.91. The van der Waals surface area contributed by atoms with Gasteiger partial charge < -0.3 is 10.4 Å². The number of rotatable bonds is 0. The summed E-state index contributed by atoms with van der Waals surface area (Å²) in [7, 11) is 0. The number of carbonyl (C=O) groups is 1. The van der Waals surface area contributed by atoms with E-state index in [1.54, 1.807) is 12.3 Å². The third kappa shape index (κ3) is 1.78. The maximum atomic E-state index is 11.2. The zero-order chi connectivity index (χ0) is 10.1. The van der Waals surface area contributed by atoms with Crippen molar-refractivity contribution < 1.29 is 9.90 Å². The number of fused-ring (bicyclic) bond motifs is 1. The maximum Gasteiger partial charge on any atom is 0.225 e. The average Bonchev–Trinajstić information content (AvgIpc) is 2.29. The molecule has 1 aliphatic rings. The summed E-state index contributed by atoms with van der Waals surface area (Å²) < 4.78 is 0.798. The number of pyridine rings is 1. The quantitative estimate of drug-likeness (QED) is 0.742. The molecule has 1 unspecified atom stereocenters. The van der Waals surface area contributed by atoms with E-state index in [4.69, 9.17) is 0 Å². The Bertz CT molecular complexity index is 381. The lowest BCUT2D eigenvalue weighted by Crippen LogP contribution is -2.10. The van der Waals surface area contributed by atoms with Gasteiger partial charge in [0.2, 0.25) is 5.91 Å². The molecule has 1 aromatic heterocycles. The van der Waals surface area contributed by atoms with Crippen molar-refractivity contribution in [3.63, 3.8) is 0 Å². The fourth-order valence-electron chi connectivity index (χ4n) is 1.43. The van der Waals surface area contributed by atoms with Gasteiger partial charge in [0.1, 0.15) is 5.82 Å². The highest BCUT2D eigenvalue weighted by molar-refractivity contribution is 9.10. The molecule has 0 aromatic carbocycles. The minimum Gasteiger partial charge on any atom is -0.388 e. The van der Waals surface area contributed by atoms with E-state index in [0.29, 0.717) is 24.2 Å². The van der Waals surface area contributed by atoms with Gasteiger partial charge in [0.25, 0.3) is 0 Å². The van der Waals surface area contributed by atoms with Gasteiger partial charge in [-0.15, -0.1) is 0 Å². The summed E-state index contributed by atoms with van der Waals surface area (Å²) in [5, 5.41) is 12.4. The number of aromatic nitrogens is 1. The van der Waals surface area contributed by atoms with Crippen molar-refractivity contribution in [2.75, 3.05) is 5.32 Å². The topological polar surface area (TPSA) is 62.2 Å². The molecule has 1 atom stereocenters. The Labute approximate surface area is 89.5 Å². The van der Waals surface area contributed by atoms with Crippen molar-refractivity contribution in [1.82, 2.24) is 4.98 Å². The van der Waals surface area contributed by atoms with E-state index in [1.807, 2.05) is 0 Å². The fourth-order valence-corrected chi connectivity index (χ4v) is 1.78. The summed E-state index contributed by atoms with van der Waals surface area (Å²) >= 11 is 3.27. The van der Waals surface area contributed by atoms with Crippen LogP contribution in [0.15, 0.2) is 16.7 Å². The first-order valence-corrected chi connectivity index (χ1v) is 5.09. The molecule has 2 heterocycles. The Morgan fingerprint density at radius 3 is 3.21 bits per heavy atom. The summed E-state index contributed by atoms with van der Waals surface area (Å²) in [6, 6.07) is 1.78. The lowest BCUT2D eigenvalue weighted by atomic mass is 10.1. The normalized spacial score (nSPS) is 21.0. The van der Waals surface area contributed by atoms with E-state index in [1.165, 1.54) is 0 Å². The van der Waals surface area contributed by atoms with E-state index in [-0.39, 0.29) is 5.91 Å². The van der Waals surface area contributed by atoms with Crippen LogP contribution in [0.5, 0.6) is 0 Å². The molecule has 0 radical (unpaired) electrons. The van der Waals surface area contributed by atoms with E-state index in [2.05, 4.69) is 26.2 Å². The number of hydrogen-bond acceptors (Lipinski definition) is 3. The Morgan fingerprint density at radius 1 is 1.64 bits per heavy atom. The van der Waals surface area contributed by atoms with Crippen LogP contribution in [0.3, 0.4) is 0 Å². The number of anilines is 1. The number of aliphatic hydroxyl groups is 1. The van der Waals surface area contributed by atoms with Crippen LogP contribution >= 0.6 is 15.9 Å². The van der Waals surface area contributed by atoms with E-state index in [0.717, 1.165) is 4.47 Å². The number of carbonyl (C=O) groups excluding carboxylic acids is 1. The van der Waals surface area contributed by atoms with Gasteiger partial charge in [-0.2, -0.15) is 0 Å². The first-order valence-electron chi connectivity index (χ1n) is 4.30. The lowest BCUT2D eigenvalue weighted by molar-refractivity contribution is -0.116. The number of nitrogens with zero attached hydrogens (tertiary/aromatic N) is 1. The predicted octanol–water partition coefficient (Wildman–Crippen LogP) is 1.61. The van der Waals surface area contributed by atoms with Crippen LogP contribution in [-0.4, -0.2) is 16.0 Å². The Balaban J connectivity index is 2.46. The van der Waals surface area contributed by atoms with Crippen LogP contribution in [0.2, 0.25) is 0 Å². The molecule has 2 N–H and O–H groups in total. The number of amides is 1. The largest absolute Gasteiger partial charge is 0.388 e. The van der Waals surface area contributed by atoms with Gasteiger partial charge in [-0.1, -0.05) is 0 Å². The zero-order valence-electron chi connectivity index (χ0n) is 7.33. The Kier molecular flexibility index (Phi) is 2.52. The SMILES string of the molecule is O=C1CCC(O)c2cc(Br)cnc2N1. The summed E-state index contributed by atoms with van der Waals surface area (Å²) in [6.07, 6.45) is 1.75. The first-order chi connectivity index (χ1) is 6.66. The van der Waals surface area contributed by atoms with Crippen LogP contribution in [0.4, 0.5) is 5.82 Å². The van der Waals surface area contributed by atoms with Crippen molar-refractivity contribution in [3.05, 3.63) is 22.3 Å². The molecule has 0 saturated heterocycles. The fraction of sp³-hybridized carbons (Fsp3) is 0.333. The van der Waals surface area contributed by atoms with Crippen molar-refractivity contribution in [3.8, 4) is 0 Å². The molecule has 1 aliphatic heterocycles. The standard InChI is InChI=1S/C9H9BrN2O2/c10-5-3-6-7(13)1-2-8(14)12-9(6)11-4-5/h3-4,7,13H,1-2H2,(H,11,12,14). The van der Waals surface area contributed by atoms with Gasteiger partial charge in [-0.05, 0) is 28.4 Å². The second kappa shape index (κ2) is 3.67. The minimum absolute atomic E-state index is 0.0994. The van der Waals surface area contributed by atoms with Gasteiger partial charge in [-0.3, -0.25) is 4.79 Å². The molecule has 0 bridgehead atoms. The maximum absolute atomic E-state index is 11.2. The van der Waals surface area contributed by atoms with Crippen molar-refractivity contribution in [1.29, 1.82) is 0 Å².